The summed E-state index contributed by atoms with van der Waals surface area (Å²) in [7, 11) is 3.18. The van der Waals surface area contributed by atoms with Gasteiger partial charge < -0.3 is 14.8 Å². The number of methoxy groups -OCH3 is 2. The van der Waals surface area contributed by atoms with E-state index < -0.39 is 0 Å². The third-order valence-electron chi connectivity index (χ3n) is 1.79. The van der Waals surface area contributed by atoms with Crippen LogP contribution in [0.25, 0.3) is 0 Å². The van der Waals surface area contributed by atoms with Crippen LogP contribution in [-0.4, -0.2) is 32.0 Å². The third-order valence-corrected chi connectivity index (χ3v) is 2.93. The Morgan fingerprint density at radius 1 is 1.53 bits per heavy atom. The summed E-state index contributed by atoms with van der Waals surface area (Å²) in [6, 6.07) is 1.84. The van der Waals surface area contributed by atoms with E-state index in [1.54, 1.807) is 20.4 Å². The molecule has 0 unspecified atom stereocenters. The van der Waals surface area contributed by atoms with Crippen LogP contribution in [-0.2, 0) is 9.47 Å². The van der Waals surface area contributed by atoms with E-state index in [1.807, 2.05) is 6.07 Å². The molecule has 1 rings (SSSR count). The normalized spacial score (nSPS) is 10.7. The second-order valence-corrected chi connectivity index (χ2v) is 3.99. The van der Waals surface area contributed by atoms with Crippen molar-refractivity contribution >= 4 is 33.2 Å². The molecule has 0 aliphatic rings. The van der Waals surface area contributed by atoms with Crippen LogP contribution in [0.15, 0.2) is 16.7 Å². The van der Waals surface area contributed by atoms with Crippen molar-refractivity contribution in [3.8, 4) is 0 Å². The van der Waals surface area contributed by atoms with E-state index in [0.29, 0.717) is 11.7 Å². The fraction of sp³-hybridized carbons (Fsp3) is 0.444. The van der Waals surface area contributed by atoms with Crippen molar-refractivity contribution in [2.75, 3.05) is 26.1 Å². The van der Waals surface area contributed by atoms with E-state index in [-0.39, 0.29) is 6.29 Å². The zero-order valence-electron chi connectivity index (χ0n) is 8.46. The van der Waals surface area contributed by atoms with Crippen molar-refractivity contribution in [1.29, 1.82) is 0 Å². The van der Waals surface area contributed by atoms with Gasteiger partial charge in [-0.2, -0.15) is 0 Å². The van der Waals surface area contributed by atoms with E-state index in [2.05, 4.69) is 26.2 Å². The first-order chi connectivity index (χ1) is 7.17. The van der Waals surface area contributed by atoms with Gasteiger partial charge in [0.15, 0.2) is 6.29 Å². The number of anilines is 1. The largest absolute Gasteiger partial charge is 0.379 e. The van der Waals surface area contributed by atoms with Crippen LogP contribution in [0.2, 0.25) is 5.15 Å². The molecular formula is C9H12BrClN2O2. The molecule has 0 radical (unpaired) electrons. The smallest absolute Gasteiger partial charge is 0.173 e. The Balaban J connectivity index is 2.54. The highest BCUT2D eigenvalue weighted by Crippen LogP contribution is 2.22. The highest BCUT2D eigenvalue weighted by Gasteiger charge is 2.05. The highest BCUT2D eigenvalue weighted by atomic mass is 79.9. The molecule has 0 bridgehead atoms. The molecule has 15 heavy (non-hydrogen) atoms. The second kappa shape index (κ2) is 6.27. The predicted molar refractivity (Wildman–Crippen MR) is 63.2 cm³/mol. The van der Waals surface area contributed by atoms with E-state index in [0.717, 1.165) is 10.2 Å². The van der Waals surface area contributed by atoms with Gasteiger partial charge in [0.2, 0.25) is 0 Å². The molecule has 0 fully saturated rings. The molecule has 0 saturated carbocycles. The Bertz CT molecular complexity index is 321. The summed E-state index contributed by atoms with van der Waals surface area (Å²) >= 11 is 9.05. The highest BCUT2D eigenvalue weighted by molar-refractivity contribution is 9.10. The molecule has 0 aliphatic heterocycles. The molecule has 1 aromatic rings. The Kier molecular flexibility index (Phi) is 5.31. The second-order valence-electron chi connectivity index (χ2n) is 2.78. The first-order valence-electron chi connectivity index (χ1n) is 4.28. The van der Waals surface area contributed by atoms with Gasteiger partial charge in [0.05, 0.1) is 22.9 Å². The minimum atomic E-state index is -0.278. The van der Waals surface area contributed by atoms with Gasteiger partial charge in [-0.15, -0.1) is 0 Å². The van der Waals surface area contributed by atoms with Gasteiger partial charge in [-0.05, 0) is 22.0 Å². The Labute approximate surface area is 102 Å². The van der Waals surface area contributed by atoms with Gasteiger partial charge in [-0.25, -0.2) is 4.98 Å². The fourth-order valence-electron chi connectivity index (χ4n) is 0.982. The van der Waals surface area contributed by atoms with Gasteiger partial charge >= 0.3 is 0 Å². The van der Waals surface area contributed by atoms with Crippen LogP contribution in [0.3, 0.4) is 0 Å². The lowest BCUT2D eigenvalue weighted by atomic mass is 10.4. The fourth-order valence-corrected chi connectivity index (χ4v) is 1.43. The van der Waals surface area contributed by atoms with Crippen molar-refractivity contribution in [3.63, 3.8) is 0 Å². The number of halogens is 2. The number of nitrogens with one attached hydrogen (secondary N) is 1. The standard InChI is InChI=1S/C9H12BrClN2O2/c1-14-8(15-2)5-12-6-3-7(10)9(11)13-4-6/h3-4,8,12H,5H2,1-2H3. The zero-order valence-corrected chi connectivity index (χ0v) is 10.8. The minimum Gasteiger partial charge on any atom is -0.379 e. The predicted octanol–water partition coefficient (Wildman–Crippen LogP) is 2.53. The van der Waals surface area contributed by atoms with Gasteiger partial charge in [0.25, 0.3) is 0 Å². The van der Waals surface area contributed by atoms with E-state index in [9.17, 15) is 0 Å². The molecule has 1 N–H and O–H groups in total. The number of pyridine rings is 1. The summed E-state index contributed by atoms with van der Waals surface area (Å²) in [5.74, 6) is 0. The van der Waals surface area contributed by atoms with Crippen LogP contribution in [0.4, 0.5) is 5.69 Å². The molecule has 0 atom stereocenters. The first kappa shape index (κ1) is 12.7. The molecule has 4 nitrogen and oxygen atoms in total. The van der Waals surface area contributed by atoms with Crippen molar-refractivity contribution in [1.82, 2.24) is 4.98 Å². The molecule has 1 heterocycles. The SMILES string of the molecule is COC(CNc1cnc(Cl)c(Br)c1)OC. The summed E-state index contributed by atoms with van der Waals surface area (Å²) in [5.41, 5.74) is 0.852. The summed E-state index contributed by atoms with van der Waals surface area (Å²) in [6.07, 6.45) is 1.37. The van der Waals surface area contributed by atoms with Crippen LogP contribution in [0.1, 0.15) is 0 Å². The molecule has 0 spiro atoms. The number of ether oxygens (including phenoxy) is 2. The van der Waals surface area contributed by atoms with Crippen LogP contribution in [0, 0.1) is 0 Å². The summed E-state index contributed by atoms with van der Waals surface area (Å²) in [6.45, 7) is 0.544. The first-order valence-corrected chi connectivity index (χ1v) is 5.45. The lowest BCUT2D eigenvalue weighted by molar-refractivity contribution is -0.0914. The van der Waals surface area contributed by atoms with E-state index in [1.165, 1.54) is 0 Å². The zero-order chi connectivity index (χ0) is 11.3. The van der Waals surface area contributed by atoms with Crippen molar-refractivity contribution in [3.05, 3.63) is 21.9 Å². The summed E-state index contributed by atoms with van der Waals surface area (Å²) in [5, 5.41) is 3.55. The van der Waals surface area contributed by atoms with Crippen molar-refractivity contribution in [2.24, 2.45) is 0 Å². The lowest BCUT2D eigenvalue weighted by Gasteiger charge is -2.14. The number of hydrogen-bond acceptors (Lipinski definition) is 4. The van der Waals surface area contributed by atoms with Gasteiger partial charge in [0.1, 0.15) is 5.15 Å². The van der Waals surface area contributed by atoms with Crippen LogP contribution >= 0.6 is 27.5 Å². The molecule has 6 heteroatoms. The molecule has 0 amide bonds. The van der Waals surface area contributed by atoms with Crippen molar-refractivity contribution in [2.45, 2.75) is 6.29 Å². The van der Waals surface area contributed by atoms with Gasteiger partial charge in [-0.3, -0.25) is 0 Å². The maximum absolute atomic E-state index is 5.76. The number of rotatable bonds is 5. The monoisotopic (exact) mass is 294 g/mol. The molecule has 1 aromatic heterocycles. The third kappa shape index (κ3) is 3.95. The van der Waals surface area contributed by atoms with E-state index in [4.69, 9.17) is 21.1 Å². The van der Waals surface area contributed by atoms with Gasteiger partial charge in [-0.1, -0.05) is 11.6 Å². The maximum Gasteiger partial charge on any atom is 0.173 e. The number of nitrogens with zero attached hydrogens (tertiary/aromatic N) is 1. The summed E-state index contributed by atoms with van der Waals surface area (Å²) < 4.78 is 10.8. The summed E-state index contributed by atoms with van der Waals surface area (Å²) in [4.78, 5) is 3.98. The van der Waals surface area contributed by atoms with Crippen molar-refractivity contribution < 1.29 is 9.47 Å². The molecule has 0 aromatic carbocycles. The molecule has 0 saturated heterocycles. The Hall–Kier alpha value is -0.360. The maximum atomic E-state index is 5.76. The molecular weight excluding hydrogens is 283 g/mol. The molecule has 0 aliphatic carbocycles. The average molecular weight is 296 g/mol. The topological polar surface area (TPSA) is 43.4 Å². The average Bonchev–Trinajstić information content (AvgIpc) is 2.24. The van der Waals surface area contributed by atoms with Gasteiger partial charge in [0, 0.05) is 14.2 Å². The molecule has 84 valence electrons. The Morgan fingerprint density at radius 3 is 2.73 bits per heavy atom. The number of aromatic nitrogens is 1. The number of hydrogen-bond donors (Lipinski definition) is 1. The minimum absolute atomic E-state index is 0.278. The van der Waals surface area contributed by atoms with Crippen LogP contribution < -0.4 is 5.32 Å². The quantitative estimate of drug-likeness (QED) is 0.669. The van der Waals surface area contributed by atoms with Crippen LogP contribution in [0.5, 0.6) is 0 Å². The Morgan fingerprint density at radius 2 is 2.20 bits per heavy atom. The van der Waals surface area contributed by atoms with E-state index >= 15 is 0 Å². The lowest BCUT2D eigenvalue weighted by Crippen LogP contribution is -2.23.